The Hall–Kier alpha value is -2.78. The highest BCUT2D eigenvalue weighted by Crippen LogP contribution is 2.28. The number of anilines is 2. The van der Waals surface area contributed by atoms with Crippen LogP contribution in [0.15, 0.2) is 53.4 Å². The molecule has 0 spiro atoms. The Balaban J connectivity index is 1.69. The van der Waals surface area contributed by atoms with Crippen molar-refractivity contribution in [2.24, 2.45) is 5.92 Å². The van der Waals surface area contributed by atoms with Gasteiger partial charge in [-0.05, 0) is 36.4 Å². The molecule has 148 valence electrons. The number of hydrogen-bond acceptors (Lipinski definition) is 4. The van der Waals surface area contributed by atoms with E-state index in [0.29, 0.717) is 5.69 Å². The quantitative estimate of drug-likeness (QED) is 0.825. The minimum Gasteiger partial charge on any atom is -0.326 e. The average Bonchev–Trinajstić information content (AvgIpc) is 3.04. The minimum absolute atomic E-state index is 0.0206. The topological polar surface area (TPSA) is 86.8 Å². The molecule has 1 aliphatic rings. The molecule has 1 atom stereocenters. The standard InChI is InChI=1S/C19H20FN3O4S/c1-22(2)28(26,27)15-9-7-14(8-10-15)21-19(25)13-11-18(24)23(12-13)17-6-4-3-5-16(17)20/h3-10,13H,11-12H2,1-2H3,(H,21,25)/t13-/m1/s1. The highest BCUT2D eigenvalue weighted by molar-refractivity contribution is 7.89. The van der Waals surface area contributed by atoms with Crippen LogP contribution in [0.5, 0.6) is 0 Å². The van der Waals surface area contributed by atoms with E-state index in [0.717, 1.165) is 4.31 Å². The summed E-state index contributed by atoms with van der Waals surface area (Å²) in [6.45, 7) is 0.0820. The average molecular weight is 405 g/mol. The van der Waals surface area contributed by atoms with Gasteiger partial charge >= 0.3 is 0 Å². The van der Waals surface area contributed by atoms with Crippen molar-refractivity contribution in [3.63, 3.8) is 0 Å². The van der Waals surface area contributed by atoms with Gasteiger partial charge in [-0.15, -0.1) is 0 Å². The second-order valence-electron chi connectivity index (χ2n) is 6.66. The van der Waals surface area contributed by atoms with Crippen molar-refractivity contribution in [3.05, 3.63) is 54.3 Å². The Morgan fingerprint density at radius 3 is 2.39 bits per heavy atom. The third-order valence-corrected chi connectivity index (χ3v) is 6.37. The summed E-state index contributed by atoms with van der Waals surface area (Å²) in [4.78, 5) is 26.1. The van der Waals surface area contributed by atoms with Gasteiger partial charge < -0.3 is 10.2 Å². The first-order chi connectivity index (χ1) is 13.2. The van der Waals surface area contributed by atoms with Crippen LogP contribution in [0.2, 0.25) is 0 Å². The van der Waals surface area contributed by atoms with Gasteiger partial charge in [-0.1, -0.05) is 12.1 Å². The predicted octanol–water partition coefficient (Wildman–Crippen LogP) is 2.07. The van der Waals surface area contributed by atoms with Crippen LogP contribution in [-0.2, 0) is 19.6 Å². The third-order valence-electron chi connectivity index (χ3n) is 4.54. The minimum atomic E-state index is -3.55. The van der Waals surface area contributed by atoms with E-state index in [1.807, 2.05) is 0 Å². The lowest BCUT2D eigenvalue weighted by Crippen LogP contribution is -2.28. The molecule has 0 bridgehead atoms. The Morgan fingerprint density at radius 2 is 1.79 bits per heavy atom. The van der Waals surface area contributed by atoms with Crippen molar-refractivity contribution in [1.82, 2.24) is 4.31 Å². The van der Waals surface area contributed by atoms with Crippen molar-refractivity contribution in [2.75, 3.05) is 30.9 Å². The maximum Gasteiger partial charge on any atom is 0.242 e. The number of nitrogens with one attached hydrogen (secondary N) is 1. The van der Waals surface area contributed by atoms with Gasteiger partial charge in [0.25, 0.3) is 0 Å². The van der Waals surface area contributed by atoms with Crippen LogP contribution in [0.25, 0.3) is 0 Å². The monoisotopic (exact) mass is 405 g/mol. The molecular weight excluding hydrogens is 385 g/mol. The lowest BCUT2D eigenvalue weighted by molar-refractivity contribution is -0.122. The fourth-order valence-corrected chi connectivity index (χ4v) is 3.85. The number of sulfonamides is 1. The molecule has 0 unspecified atom stereocenters. The first kappa shape index (κ1) is 20.0. The maximum atomic E-state index is 13.9. The highest BCUT2D eigenvalue weighted by atomic mass is 32.2. The zero-order valence-corrected chi connectivity index (χ0v) is 16.2. The summed E-state index contributed by atoms with van der Waals surface area (Å²) < 4.78 is 39.2. The lowest BCUT2D eigenvalue weighted by Gasteiger charge is -2.17. The van der Waals surface area contributed by atoms with Crippen LogP contribution < -0.4 is 10.2 Å². The fourth-order valence-electron chi connectivity index (χ4n) is 2.95. The number of amides is 2. The molecule has 28 heavy (non-hydrogen) atoms. The smallest absolute Gasteiger partial charge is 0.242 e. The molecule has 1 saturated heterocycles. The van der Waals surface area contributed by atoms with Crippen molar-refractivity contribution in [1.29, 1.82) is 0 Å². The van der Waals surface area contributed by atoms with E-state index < -0.39 is 21.8 Å². The van der Waals surface area contributed by atoms with E-state index in [1.165, 1.54) is 61.5 Å². The number of benzene rings is 2. The van der Waals surface area contributed by atoms with E-state index in [1.54, 1.807) is 6.07 Å². The van der Waals surface area contributed by atoms with Gasteiger partial charge in [0.1, 0.15) is 5.82 Å². The van der Waals surface area contributed by atoms with E-state index in [4.69, 9.17) is 0 Å². The number of halogens is 1. The number of carbonyl (C=O) groups is 2. The molecule has 7 nitrogen and oxygen atoms in total. The SMILES string of the molecule is CN(C)S(=O)(=O)c1ccc(NC(=O)[C@@H]2CC(=O)N(c3ccccc3F)C2)cc1. The van der Waals surface area contributed by atoms with Crippen molar-refractivity contribution in [2.45, 2.75) is 11.3 Å². The van der Waals surface area contributed by atoms with Gasteiger partial charge in [0.05, 0.1) is 16.5 Å². The van der Waals surface area contributed by atoms with Gasteiger partial charge in [0, 0.05) is 32.7 Å². The van der Waals surface area contributed by atoms with Gasteiger partial charge in [-0.3, -0.25) is 9.59 Å². The van der Waals surface area contributed by atoms with Crippen molar-refractivity contribution < 1.29 is 22.4 Å². The van der Waals surface area contributed by atoms with Gasteiger partial charge in [0.15, 0.2) is 0 Å². The summed E-state index contributed by atoms with van der Waals surface area (Å²) >= 11 is 0. The summed E-state index contributed by atoms with van der Waals surface area (Å²) in [5.41, 5.74) is 0.570. The van der Waals surface area contributed by atoms with Gasteiger partial charge in [0.2, 0.25) is 21.8 Å². The second-order valence-corrected chi connectivity index (χ2v) is 8.81. The molecule has 0 aliphatic carbocycles. The summed E-state index contributed by atoms with van der Waals surface area (Å²) in [5.74, 6) is -1.85. The molecule has 3 rings (SSSR count). The lowest BCUT2D eigenvalue weighted by atomic mass is 10.1. The summed E-state index contributed by atoms with van der Waals surface area (Å²) in [6.07, 6.45) is -0.0206. The Kier molecular flexibility index (Phi) is 5.48. The summed E-state index contributed by atoms with van der Waals surface area (Å²) in [7, 11) is -0.685. The summed E-state index contributed by atoms with van der Waals surface area (Å²) in [5, 5.41) is 2.68. The number of hydrogen-bond donors (Lipinski definition) is 1. The van der Waals surface area contributed by atoms with Crippen LogP contribution in [0, 0.1) is 11.7 Å². The molecule has 2 aromatic carbocycles. The van der Waals surface area contributed by atoms with Gasteiger partial charge in [-0.25, -0.2) is 17.1 Å². The second kappa shape index (κ2) is 7.69. The number of rotatable bonds is 5. The van der Waals surface area contributed by atoms with Gasteiger partial charge in [-0.2, -0.15) is 0 Å². The summed E-state index contributed by atoms with van der Waals surface area (Å²) in [6, 6.07) is 11.7. The number of nitrogens with zero attached hydrogens (tertiary/aromatic N) is 2. The molecule has 0 radical (unpaired) electrons. The first-order valence-corrected chi connectivity index (χ1v) is 10.0. The van der Waals surface area contributed by atoms with Crippen LogP contribution >= 0.6 is 0 Å². The molecule has 0 saturated carbocycles. The molecule has 1 heterocycles. The fraction of sp³-hybridized carbons (Fsp3) is 0.263. The third kappa shape index (κ3) is 3.90. The van der Waals surface area contributed by atoms with Crippen molar-refractivity contribution in [3.8, 4) is 0 Å². The maximum absolute atomic E-state index is 13.9. The largest absolute Gasteiger partial charge is 0.326 e. The first-order valence-electron chi connectivity index (χ1n) is 8.58. The normalized spacial score (nSPS) is 17.2. The Labute approximate surface area is 162 Å². The van der Waals surface area contributed by atoms with Crippen LogP contribution in [0.3, 0.4) is 0 Å². The molecule has 9 heteroatoms. The molecular formula is C19H20FN3O4S. The molecule has 0 aromatic heterocycles. The van der Waals surface area contributed by atoms with E-state index in [-0.39, 0.29) is 35.4 Å². The van der Waals surface area contributed by atoms with E-state index in [2.05, 4.69) is 5.32 Å². The van der Waals surface area contributed by atoms with Crippen molar-refractivity contribution >= 4 is 33.2 Å². The van der Waals surface area contributed by atoms with Crippen LogP contribution in [-0.4, -0.2) is 45.2 Å². The number of para-hydroxylation sites is 1. The van der Waals surface area contributed by atoms with Crippen LogP contribution in [0.4, 0.5) is 15.8 Å². The highest BCUT2D eigenvalue weighted by Gasteiger charge is 2.36. The number of carbonyl (C=O) groups excluding carboxylic acids is 2. The predicted molar refractivity (Wildman–Crippen MR) is 103 cm³/mol. The Bertz CT molecular complexity index is 1010. The molecule has 2 aromatic rings. The molecule has 1 N–H and O–H groups in total. The molecule has 1 fully saturated rings. The zero-order chi connectivity index (χ0) is 20.5. The Morgan fingerprint density at radius 1 is 1.14 bits per heavy atom. The van der Waals surface area contributed by atoms with E-state index >= 15 is 0 Å². The molecule has 1 aliphatic heterocycles. The molecule has 2 amide bonds. The van der Waals surface area contributed by atoms with E-state index in [9.17, 15) is 22.4 Å². The zero-order valence-electron chi connectivity index (χ0n) is 15.4. The van der Waals surface area contributed by atoms with Crippen LogP contribution in [0.1, 0.15) is 6.42 Å².